The molecule has 0 aromatic carbocycles. The molecular weight excluding hydrogens is 248 g/mol. The molecule has 1 spiro atoms. The Morgan fingerprint density at radius 3 is 2.30 bits per heavy atom. The molecule has 3 fully saturated rings. The van der Waals surface area contributed by atoms with E-state index >= 15 is 0 Å². The fraction of sp³-hybridized carbons (Fsp3) is 0.941. The molecule has 0 atom stereocenters. The summed E-state index contributed by atoms with van der Waals surface area (Å²) in [5.41, 5.74) is 0.760. The number of rotatable bonds is 3. The fourth-order valence-electron chi connectivity index (χ4n) is 5.03. The first-order valence-corrected chi connectivity index (χ1v) is 8.65. The van der Waals surface area contributed by atoms with Crippen LogP contribution in [0, 0.1) is 5.41 Å². The van der Waals surface area contributed by atoms with Crippen molar-refractivity contribution in [3.63, 3.8) is 0 Å². The number of nitrogens with zero attached hydrogens (tertiary/aromatic N) is 2. The van der Waals surface area contributed by atoms with Gasteiger partial charge in [-0.3, -0.25) is 4.79 Å². The summed E-state index contributed by atoms with van der Waals surface area (Å²) >= 11 is 0. The lowest BCUT2D eigenvalue weighted by Crippen LogP contribution is -2.55. The van der Waals surface area contributed by atoms with Gasteiger partial charge in [0.15, 0.2) is 0 Å². The molecule has 0 N–H and O–H groups in total. The third-order valence-corrected chi connectivity index (χ3v) is 6.20. The van der Waals surface area contributed by atoms with Crippen molar-refractivity contribution in [2.45, 2.75) is 77.3 Å². The molecule has 1 saturated heterocycles. The van der Waals surface area contributed by atoms with E-state index in [1.165, 1.54) is 64.5 Å². The molecule has 0 bridgehead atoms. The number of amides is 1. The van der Waals surface area contributed by atoms with Crippen molar-refractivity contribution in [3.05, 3.63) is 0 Å². The maximum Gasteiger partial charge on any atom is 0.219 e. The van der Waals surface area contributed by atoms with Crippen LogP contribution in [0.5, 0.6) is 0 Å². The second-order valence-electron chi connectivity index (χ2n) is 7.34. The van der Waals surface area contributed by atoms with Crippen LogP contribution in [0.25, 0.3) is 0 Å². The van der Waals surface area contributed by atoms with Crippen LogP contribution < -0.4 is 0 Å². The number of likely N-dealkylation sites (tertiary alicyclic amines) is 1. The minimum Gasteiger partial charge on any atom is -0.340 e. The summed E-state index contributed by atoms with van der Waals surface area (Å²) in [6.45, 7) is 7.09. The van der Waals surface area contributed by atoms with Crippen molar-refractivity contribution in [1.29, 1.82) is 0 Å². The Kier molecular flexibility index (Phi) is 4.07. The molecule has 3 aliphatic rings. The Morgan fingerprint density at radius 2 is 1.80 bits per heavy atom. The first-order valence-electron chi connectivity index (χ1n) is 8.65. The van der Waals surface area contributed by atoms with Gasteiger partial charge < -0.3 is 9.80 Å². The molecule has 0 aromatic heterocycles. The molecule has 0 aromatic rings. The van der Waals surface area contributed by atoms with Gasteiger partial charge in [-0.05, 0) is 50.9 Å². The Balaban J connectivity index is 1.46. The van der Waals surface area contributed by atoms with Gasteiger partial charge >= 0.3 is 0 Å². The summed E-state index contributed by atoms with van der Waals surface area (Å²) in [7, 11) is 0. The molecule has 3 rings (SSSR count). The number of hydrogen-bond acceptors (Lipinski definition) is 2. The molecule has 0 unspecified atom stereocenters. The van der Waals surface area contributed by atoms with Gasteiger partial charge in [0.2, 0.25) is 5.91 Å². The molecule has 3 heteroatoms. The standard InChI is InChI=1S/C17H30N2O/c1-3-19(14(2)20)15-6-10-18(11-7-15)16-12-17(13-16)8-4-5-9-17/h15-16H,3-13H2,1-2H3. The summed E-state index contributed by atoms with van der Waals surface area (Å²) in [6.07, 6.45) is 11.2. The average molecular weight is 278 g/mol. The molecule has 1 heterocycles. The topological polar surface area (TPSA) is 23.6 Å². The molecule has 20 heavy (non-hydrogen) atoms. The van der Waals surface area contributed by atoms with Crippen molar-refractivity contribution < 1.29 is 4.79 Å². The summed E-state index contributed by atoms with van der Waals surface area (Å²) in [5, 5.41) is 0. The smallest absolute Gasteiger partial charge is 0.219 e. The number of carbonyl (C=O) groups excluding carboxylic acids is 1. The second kappa shape index (κ2) is 5.67. The van der Waals surface area contributed by atoms with Crippen molar-refractivity contribution in [2.24, 2.45) is 5.41 Å². The largest absolute Gasteiger partial charge is 0.340 e. The fourth-order valence-corrected chi connectivity index (χ4v) is 5.03. The SMILES string of the molecule is CCN(C(C)=O)C1CCN(C2CC3(CCCC3)C2)CC1. The van der Waals surface area contributed by atoms with Crippen molar-refractivity contribution in [2.75, 3.05) is 19.6 Å². The zero-order valence-corrected chi connectivity index (χ0v) is 13.2. The molecule has 2 saturated carbocycles. The quantitative estimate of drug-likeness (QED) is 0.792. The van der Waals surface area contributed by atoms with Crippen LogP contribution in [-0.2, 0) is 4.79 Å². The van der Waals surface area contributed by atoms with Gasteiger partial charge in [0.1, 0.15) is 0 Å². The maximum atomic E-state index is 11.6. The second-order valence-corrected chi connectivity index (χ2v) is 7.34. The van der Waals surface area contributed by atoms with Crippen LogP contribution in [0.2, 0.25) is 0 Å². The van der Waals surface area contributed by atoms with E-state index in [0.717, 1.165) is 18.0 Å². The van der Waals surface area contributed by atoms with E-state index in [4.69, 9.17) is 0 Å². The number of piperidine rings is 1. The van der Waals surface area contributed by atoms with Crippen LogP contribution in [0.3, 0.4) is 0 Å². The molecule has 1 amide bonds. The van der Waals surface area contributed by atoms with Crippen LogP contribution in [0.1, 0.15) is 65.2 Å². The van der Waals surface area contributed by atoms with E-state index in [-0.39, 0.29) is 5.91 Å². The van der Waals surface area contributed by atoms with Gasteiger partial charge in [-0.1, -0.05) is 12.8 Å². The van der Waals surface area contributed by atoms with E-state index in [1.807, 2.05) is 0 Å². The summed E-state index contributed by atoms with van der Waals surface area (Å²) < 4.78 is 0. The van der Waals surface area contributed by atoms with Crippen molar-refractivity contribution >= 4 is 5.91 Å². The molecular formula is C17H30N2O. The normalized spacial score (nSPS) is 27.7. The first-order chi connectivity index (χ1) is 9.63. The van der Waals surface area contributed by atoms with Crippen LogP contribution in [0.4, 0.5) is 0 Å². The lowest BCUT2D eigenvalue weighted by molar-refractivity contribution is -0.132. The summed E-state index contributed by atoms with van der Waals surface area (Å²) in [5.74, 6) is 0.250. The van der Waals surface area contributed by atoms with Gasteiger partial charge in [-0.2, -0.15) is 0 Å². The van der Waals surface area contributed by atoms with E-state index in [9.17, 15) is 4.79 Å². The van der Waals surface area contributed by atoms with E-state index in [2.05, 4.69) is 16.7 Å². The summed E-state index contributed by atoms with van der Waals surface area (Å²) in [4.78, 5) is 16.4. The highest BCUT2D eigenvalue weighted by atomic mass is 16.2. The Hall–Kier alpha value is -0.570. The number of hydrogen-bond donors (Lipinski definition) is 0. The Morgan fingerprint density at radius 1 is 1.20 bits per heavy atom. The highest BCUT2D eigenvalue weighted by molar-refractivity contribution is 5.73. The number of carbonyl (C=O) groups is 1. The summed E-state index contributed by atoms with van der Waals surface area (Å²) in [6, 6.07) is 1.36. The molecule has 114 valence electrons. The monoisotopic (exact) mass is 278 g/mol. The van der Waals surface area contributed by atoms with E-state index < -0.39 is 0 Å². The van der Waals surface area contributed by atoms with Crippen molar-refractivity contribution in [3.8, 4) is 0 Å². The zero-order chi connectivity index (χ0) is 14.2. The minimum atomic E-state index is 0.250. The molecule has 3 nitrogen and oxygen atoms in total. The first kappa shape index (κ1) is 14.4. The predicted octanol–water partition coefficient (Wildman–Crippen LogP) is 3.04. The van der Waals surface area contributed by atoms with Gasteiger partial charge in [0.25, 0.3) is 0 Å². The highest BCUT2D eigenvalue weighted by Gasteiger charge is 2.48. The molecule has 1 aliphatic heterocycles. The van der Waals surface area contributed by atoms with Crippen LogP contribution in [0.15, 0.2) is 0 Å². The van der Waals surface area contributed by atoms with E-state index in [0.29, 0.717) is 6.04 Å². The zero-order valence-electron chi connectivity index (χ0n) is 13.2. The van der Waals surface area contributed by atoms with E-state index in [1.54, 1.807) is 6.92 Å². The van der Waals surface area contributed by atoms with Gasteiger partial charge in [-0.25, -0.2) is 0 Å². The Labute approximate surface area is 123 Å². The molecule has 0 radical (unpaired) electrons. The average Bonchev–Trinajstić information content (AvgIpc) is 2.88. The third kappa shape index (κ3) is 2.61. The van der Waals surface area contributed by atoms with Crippen molar-refractivity contribution in [1.82, 2.24) is 9.80 Å². The van der Waals surface area contributed by atoms with Crippen LogP contribution in [-0.4, -0.2) is 47.4 Å². The van der Waals surface area contributed by atoms with Gasteiger partial charge in [0.05, 0.1) is 0 Å². The van der Waals surface area contributed by atoms with Crippen LogP contribution >= 0.6 is 0 Å². The van der Waals surface area contributed by atoms with Gasteiger partial charge in [-0.15, -0.1) is 0 Å². The van der Waals surface area contributed by atoms with Gasteiger partial charge in [0, 0.05) is 38.6 Å². The lowest BCUT2D eigenvalue weighted by Gasteiger charge is -2.52. The Bertz CT molecular complexity index is 346. The maximum absolute atomic E-state index is 11.6. The lowest BCUT2D eigenvalue weighted by atomic mass is 9.63. The minimum absolute atomic E-state index is 0.250. The molecule has 2 aliphatic carbocycles. The highest BCUT2D eigenvalue weighted by Crippen LogP contribution is 2.54. The predicted molar refractivity (Wildman–Crippen MR) is 81.6 cm³/mol. The third-order valence-electron chi connectivity index (χ3n) is 6.20.